The van der Waals surface area contributed by atoms with Crippen molar-refractivity contribution in [3.8, 4) is 0 Å². The van der Waals surface area contributed by atoms with Gasteiger partial charge in [-0.15, -0.1) is 6.58 Å². The Morgan fingerprint density at radius 2 is 2.12 bits per heavy atom. The van der Waals surface area contributed by atoms with Crippen LogP contribution in [0.15, 0.2) is 12.7 Å². The van der Waals surface area contributed by atoms with E-state index in [0.717, 1.165) is 39.2 Å². The zero-order chi connectivity index (χ0) is 12.3. The molecular formula is C13H26N2O2. The van der Waals surface area contributed by atoms with Gasteiger partial charge in [-0.3, -0.25) is 0 Å². The summed E-state index contributed by atoms with van der Waals surface area (Å²) in [6.45, 7) is 9.60. The van der Waals surface area contributed by atoms with Gasteiger partial charge >= 0.3 is 0 Å². The number of β-amino-alcohol motifs (C(OH)–C–C–N with tert-alkyl or cyclic N) is 1. The lowest BCUT2D eigenvalue weighted by Crippen LogP contribution is -2.38. The van der Waals surface area contributed by atoms with Gasteiger partial charge in [-0.1, -0.05) is 6.08 Å². The highest BCUT2D eigenvalue weighted by Crippen LogP contribution is 2.07. The number of hydrogen-bond donors (Lipinski definition) is 2. The Kier molecular flexibility index (Phi) is 8.26. The topological polar surface area (TPSA) is 44.7 Å². The standard InChI is InChI=1S/C13H26N2O2/c1-2-3-9-17-10-6-14-11-13(16)12-15-7-4-5-8-15/h2,13-14,16H,1,3-12H2. The first-order valence-corrected chi connectivity index (χ1v) is 6.62. The van der Waals surface area contributed by atoms with Crippen LogP contribution >= 0.6 is 0 Å². The van der Waals surface area contributed by atoms with Crippen LogP contribution in [0.3, 0.4) is 0 Å². The van der Waals surface area contributed by atoms with Crippen LogP contribution in [-0.4, -0.2) is 62.0 Å². The molecule has 1 atom stereocenters. The molecule has 0 aromatic rings. The van der Waals surface area contributed by atoms with Crippen LogP contribution < -0.4 is 5.32 Å². The average molecular weight is 242 g/mol. The summed E-state index contributed by atoms with van der Waals surface area (Å²) in [5, 5.41) is 13.0. The molecular weight excluding hydrogens is 216 g/mol. The zero-order valence-electron chi connectivity index (χ0n) is 10.7. The molecule has 0 amide bonds. The molecule has 100 valence electrons. The van der Waals surface area contributed by atoms with E-state index in [9.17, 15) is 5.11 Å². The van der Waals surface area contributed by atoms with Gasteiger partial charge in [-0.25, -0.2) is 0 Å². The van der Waals surface area contributed by atoms with Gasteiger partial charge in [0.2, 0.25) is 0 Å². The van der Waals surface area contributed by atoms with Crippen molar-refractivity contribution in [1.82, 2.24) is 10.2 Å². The third kappa shape index (κ3) is 7.49. The summed E-state index contributed by atoms with van der Waals surface area (Å²) in [4.78, 5) is 2.33. The highest BCUT2D eigenvalue weighted by atomic mass is 16.5. The van der Waals surface area contributed by atoms with Crippen LogP contribution in [0.4, 0.5) is 0 Å². The fourth-order valence-electron chi connectivity index (χ4n) is 2.01. The van der Waals surface area contributed by atoms with E-state index in [0.29, 0.717) is 13.2 Å². The predicted octanol–water partition coefficient (Wildman–Crippen LogP) is 0.625. The maximum Gasteiger partial charge on any atom is 0.0791 e. The number of nitrogens with zero attached hydrogens (tertiary/aromatic N) is 1. The molecule has 1 aliphatic heterocycles. The minimum absolute atomic E-state index is 0.263. The van der Waals surface area contributed by atoms with Crippen molar-refractivity contribution in [2.45, 2.75) is 25.4 Å². The SMILES string of the molecule is C=CCCOCCNCC(O)CN1CCCC1. The maximum absolute atomic E-state index is 9.79. The van der Waals surface area contributed by atoms with E-state index >= 15 is 0 Å². The zero-order valence-corrected chi connectivity index (χ0v) is 10.7. The van der Waals surface area contributed by atoms with E-state index in [2.05, 4.69) is 16.8 Å². The Labute approximate surface area is 105 Å². The van der Waals surface area contributed by atoms with Crippen LogP contribution in [0.2, 0.25) is 0 Å². The van der Waals surface area contributed by atoms with Crippen molar-refractivity contribution in [3.63, 3.8) is 0 Å². The Balaban J connectivity index is 1.85. The van der Waals surface area contributed by atoms with E-state index < -0.39 is 0 Å². The largest absolute Gasteiger partial charge is 0.390 e. The molecule has 0 spiro atoms. The summed E-state index contributed by atoms with van der Waals surface area (Å²) in [5.41, 5.74) is 0. The summed E-state index contributed by atoms with van der Waals surface area (Å²) < 4.78 is 5.36. The molecule has 0 aromatic carbocycles. The lowest BCUT2D eigenvalue weighted by molar-refractivity contribution is 0.112. The maximum atomic E-state index is 9.79. The van der Waals surface area contributed by atoms with Crippen LogP contribution in [0, 0.1) is 0 Å². The Morgan fingerprint density at radius 3 is 2.82 bits per heavy atom. The van der Waals surface area contributed by atoms with Crippen LogP contribution in [0.25, 0.3) is 0 Å². The van der Waals surface area contributed by atoms with Crippen LogP contribution in [-0.2, 0) is 4.74 Å². The van der Waals surface area contributed by atoms with Gasteiger partial charge in [0, 0.05) is 19.6 Å². The number of aliphatic hydroxyl groups excluding tert-OH is 1. The van der Waals surface area contributed by atoms with Gasteiger partial charge < -0.3 is 20.1 Å². The van der Waals surface area contributed by atoms with Crippen LogP contribution in [0.1, 0.15) is 19.3 Å². The Bertz CT molecular complexity index is 194. The van der Waals surface area contributed by atoms with Crippen LogP contribution in [0.5, 0.6) is 0 Å². The molecule has 2 N–H and O–H groups in total. The molecule has 1 aliphatic rings. The average Bonchev–Trinajstić information content (AvgIpc) is 2.80. The molecule has 0 saturated carbocycles. The number of nitrogens with one attached hydrogen (secondary N) is 1. The second-order valence-electron chi connectivity index (χ2n) is 4.56. The van der Waals surface area contributed by atoms with Gasteiger partial charge in [-0.2, -0.15) is 0 Å². The minimum atomic E-state index is -0.263. The van der Waals surface area contributed by atoms with Gasteiger partial charge in [0.15, 0.2) is 0 Å². The molecule has 4 heteroatoms. The molecule has 4 nitrogen and oxygen atoms in total. The van der Waals surface area contributed by atoms with E-state index in [-0.39, 0.29) is 6.10 Å². The van der Waals surface area contributed by atoms with Crippen molar-refractivity contribution >= 4 is 0 Å². The number of rotatable bonds is 10. The molecule has 0 aliphatic carbocycles. The fourth-order valence-corrected chi connectivity index (χ4v) is 2.01. The smallest absolute Gasteiger partial charge is 0.0791 e. The van der Waals surface area contributed by atoms with Crippen molar-refractivity contribution < 1.29 is 9.84 Å². The second-order valence-corrected chi connectivity index (χ2v) is 4.56. The first-order chi connectivity index (χ1) is 8.33. The van der Waals surface area contributed by atoms with E-state index in [1.54, 1.807) is 0 Å². The molecule has 0 aromatic heterocycles. The number of likely N-dealkylation sites (tertiary alicyclic amines) is 1. The summed E-state index contributed by atoms with van der Waals surface area (Å²) in [5.74, 6) is 0. The number of aliphatic hydroxyl groups is 1. The first-order valence-electron chi connectivity index (χ1n) is 6.62. The molecule has 1 heterocycles. The molecule has 17 heavy (non-hydrogen) atoms. The second kappa shape index (κ2) is 9.59. The monoisotopic (exact) mass is 242 g/mol. The Morgan fingerprint density at radius 1 is 1.35 bits per heavy atom. The van der Waals surface area contributed by atoms with Gasteiger partial charge in [0.25, 0.3) is 0 Å². The van der Waals surface area contributed by atoms with E-state index in [1.165, 1.54) is 12.8 Å². The van der Waals surface area contributed by atoms with Gasteiger partial charge in [-0.05, 0) is 32.4 Å². The van der Waals surface area contributed by atoms with Gasteiger partial charge in [0.1, 0.15) is 0 Å². The normalized spacial score (nSPS) is 18.4. The molecule has 1 saturated heterocycles. The molecule has 0 radical (unpaired) electrons. The predicted molar refractivity (Wildman–Crippen MR) is 70.2 cm³/mol. The third-order valence-corrected chi connectivity index (χ3v) is 2.94. The summed E-state index contributed by atoms with van der Waals surface area (Å²) >= 11 is 0. The van der Waals surface area contributed by atoms with Crippen molar-refractivity contribution in [2.24, 2.45) is 0 Å². The molecule has 1 unspecified atom stereocenters. The Hall–Kier alpha value is -0.420. The van der Waals surface area contributed by atoms with Gasteiger partial charge in [0.05, 0.1) is 19.3 Å². The van der Waals surface area contributed by atoms with Crippen molar-refractivity contribution in [3.05, 3.63) is 12.7 Å². The summed E-state index contributed by atoms with van der Waals surface area (Å²) in [6, 6.07) is 0. The lowest BCUT2D eigenvalue weighted by atomic mass is 10.3. The fraction of sp³-hybridized carbons (Fsp3) is 0.846. The van der Waals surface area contributed by atoms with E-state index in [4.69, 9.17) is 4.74 Å². The molecule has 0 bridgehead atoms. The first kappa shape index (κ1) is 14.6. The highest BCUT2D eigenvalue weighted by molar-refractivity contribution is 4.71. The minimum Gasteiger partial charge on any atom is -0.390 e. The summed E-state index contributed by atoms with van der Waals surface area (Å²) in [6.07, 6.45) is 5.04. The molecule has 1 fully saturated rings. The highest BCUT2D eigenvalue weighted by Gasteiger charge is 2.14. The molecule has 1 rings (SSSR count). The van der Waals surface area contributed by atoms with Crippen molar-refractivity contribution in [1.29, 1.82) is 0 Å². The number of ether oxygens (including phenoxy) is 1. The lowest BCUT2D eigenvalue weighted by Gasteiger charge is -2.19. The quantitative estimate of drug-likeness (QED) is 0.435. The summed E-state index contributed by atoms with van der Waals surface area (Å²) in [7, 11) is 0. The number of hydrogen-bond acceptors (Lipinski definition) is 4. The van der Waals surface area contributed by atoms with E-state index in [1.807, 2.05) is 6.08 Å². The van der Waals surface area contributed by atoms with Crippen molar-refractivity contribution in [2.75, 3.05) is 45.9 Å². The third-order valence-electron chi connectivity index (χ3n) is 2.94.